The zero-order chi connectivity index (χ0) is 18.4. The molecular weight excluding hydrogens is 322 g/mol. The van der Waals surface area contributed by atoms with Gasteiger partial charge in [-0.1, -0.05) is 12.8 Å². The van der Waals surface area contributed by atoms with E-state index in [9.17, 15) is 0 Å². The van der Waals surface area contributed by atoms with Crippen molar-refractivity contribution in [1.29, 1.82) is 0 Å². The van der Waals surface area contributed by atoms with Crippen LogP contribution in [-0.4, -0.2) is 36.1 Å². The molecule has 0 unspecified atom stereocenters. The quantitative estimate of drug-likeness (QED) is 0.811. The van der Waals surface area contributed by atoms with Crippen molar-refractivity contribution in [2.75, 3.05) is 41.3 Å². The molecule has 5 heteroatoms. The minimum Gasteiger partial charge on any atom is -0.372 e. The molecule has 1 aliphatic heterocycles. The van der Waals surface area contributed by atoms with Gasteiger partial charge in [-0.3, -0.25) is 0 Å². The third kappa shape index (κ3) is 4.65. The fourth-order valence-corrected chi connectivity index (χ4v) is 3.54. The number of aryl methyl sites for hydroxylation is 1. The number of hydrogen-bond acceptors (Lipinski definition) is 5. The molecule has 1 aromatic heterocycles. The molecule has 0 atom stereocenters. The van der Waals surface area contributed by atoms with Gasteiger partial charge in [0.25, 0.3) is 0 Å². The van der Waals surface area contributed by atoms with Gasteiger partial charge in [-0.2, -0.15) is 4.98 Å². The van der Waals surface area contributed by atoms with E-state index in [0.717, 1.165) is 43.4 Å². The zero-order valence-electron chi connectivity index (χ0n) is 16.3. The van der Waals surface area contributed by atoms with Gasteiger partial charge in [-0.05, 0) is 57.9 Å². The number of nitrogens with zero attached hydrogens (tertiary/aromatic N) is 4. The lowest BCUT2D eigenvalue weighted by atomic mass is 10.2. The summed E-state index contributed by atoms with van der Waals surface area (Å²) in [5.41, 5.74) is 3.27. The van der Waals surface area contributed by atoms with Gasteiger partial charge < -0.3 is 15.1 Å². The van der Waals surface area contributed by atoms with E-state index in [-0.39, 0.29) is 0 Å². The van der Waals surface area contributed by atoms with E-state index in [1.54, 1.807) is 0 Å². The maximum absolute atomic E-state index is 4.78. The van der Waals surface area contributed by atoms with Crippen LogP contribution < -0.4 is 15.1 Å². The molecule has 3 rings (SSSR count). The topological polar surface area (TPSA) is 44.3 Å². The molecular formula is C21H31N5. The lowest BCUT2D eigenvalue weighted by Gasteiger charge is -2.22. The Labute approximate surface area is 157 Å². The Morgan fingerprint density at radius 3 is 2.23 bits per heavy atom. The second kappa shape index (κ2) is 8.88. The van der Waals surface area contributed by atoms with Gasteiger partial charge >= 0.3 is 0 Å². The smallest absolute Gasteiger partial charge is 0.229 e. The van der Waals surface area contributed by atoms with E-state index in [1.165, 1.54) is 31.4 Å². The first-order chi connectivity index (χ1) is 12.7. The Bertz CT molecular complexity index is 686. The molecule has 1 fully saturated rings. The Kier molecular flexibility index (Phi) is 6.31. The zero-order valence-corrected chi connectivity index (χ0v) is 16.3. The van der Waals surface area contributed by atoms with Gasteiger partial charge in [0.15, 0.2) is 0 Å². The minimum absolute atomic E-state index is 0.680. The van der Waals surface area contributed by atoms with Crippen molar-refractivity contribution in [1.82, 2.24) is 9.97 Å². The Morgan fingerprint density at radius 1 is 0.962 bits per heavy atom. The number of aromatic nitrogens is 2. The monoisotopic (exact) mass is 353 g/mol. The molecule has 2 aromatic rings. The van der Waals surface area contributed by atoms with Crippen LogP contribution >= 0.6 is 0 Å². The van der Waals surface area contributed by atoms with Crippen molar-refractivity contribution in [2.45, 2.75) is 46.5 Å². The second-order valence-electron chi connectivity index (χ2n) is 6.94. The molecule has 0 amide bonds. The fraction of sp³-hybridized carbons (Fsp3) is 0.524. The highest BCUT2D eigenvalue weighted by molar-refractivity contribution is 5.60. The molecule has 26 heavy (non-hydrogen) atoms. The van der Waals surface area contributed by atoms with Crippen LogP contribution in [0.5, 0.6) is 0 Å². The molecule has 0 saturated carbocycles. The van der Waals surface area contributed by atoms with Gasteiger partial charge in [-0.25, -0.2) is 4.98 Å². The largest absolute Gasteiger partial charge is 0.372 e. The highest BCUT2D eigenvalue weighted by Crippen LogP contribution is 2.23. The molecule has 1 saturated heterocycles. The van der Waals surface area contributed by atoms with Crippen molar-refractivity contribution in [2.24, 2.45) is 0 Å². The van der Waals surface area contributed by atoms with E-state index < -0.39 is 0 Å². The lowest BCUT2D eigenvalue weighted by Crippen LogP contribution is -2.25. The number of nitrogens with one attached hydrogen (secondary N) is 1. The van der Waals surface area contributed by atoms with Crippen LogP contribution in [0.3, 0.4) is 0 Å². The number of hydrogen-bond donors (Lipinski definition) is 1. The highest BCUT2D eigenvalue weighted by Gasteiger charge is 2.13. The number of anilines is 4. The van der Waals surface area contributed by atoms with Crippen LogP contribution in [0.1, 0.15) is 45.2 Å². The van der Waals surface area contributed by atoms with E-state index in [2.05, 4.69) is 64.3 Å². The van der Waals surface area contributed by atoms with E-state index in [0.29, 0.717) is 5.95 Å². The highest BCUT2D eigenvalue weighted by atomic mass is 15.2. The normalized spacial score (nSPS) is 14.8. The van der Waals surface area contributed by atoms with Gasteiger partial charge in [0, 0.05) is 49.3 Å². The van der Waals surface area contributed by atoms with E-state index in [4.69, 9.17) is 4.98 Å². The lowest BCUT2D eigenvalue weighted by molar-refractivity contribution is 0.726. The van der Waals surface area contributed by atoms with Crippen molar-refractivity contribution < 1.29 is 0 Å². The van der Waals surface area contributed by atoms with Crippen LogP contribution in [0, 0.1) is 6.92 Å². The maximum Gasteiger partial charge on any atom is 0.229 e. The number of rotatable bonds is 6. The second-order valence-corrected chi connectivity index (χ2v) is 6.94. The summed E-state index contributed by atoms with van der Waals surface area (Å²) >= 11 is 0. The molecule has 1 N–H and O–H groups in total. The Balaban J connectivity index is 1.75. The predicted octanol–water partition coefficient (Wildman–Crippen LogP) is 4.76. The average Bonchev–Trinajstić information content (AvgIpc) is 2.93. The van der Waals surface area contributed by atoms with Crippen LogP contribution in [0.4, 0.5) is 23.1 Å². The third-order valence-electron chi connectivity index (χ3n) is 5.02. The summed E-state index contributed by atoms with van der Waals surface area (Å²) in [5.74, 6) is 1.72. The molecule has 0 aliphatic carbocycles. The first-order valence-corrected chi connectivity index (χ1v) is 9.92. The predicted molar refractivity (Wildman–Crippen MR) is 111 cm³/mol. The molecule has 0 radical (unpaired) electrons. The van der Waals surface area contributed by atoms with Gasteiger partial charge in [0.05, 0.1) is 0 Å². The molecule has 0 spiro atoms. The Hall–Kier alpha value is -2.30. The maximum atomic E-state index is 4.78. The molecule has 1 aliphatic rings. The SMILES string of the molecule is CCN(CC)c1ccc(Nc2nc(C)cc(N3CCCCCC3)n2)cc1. The van der Waals surface area contributed by atoms with Gasteiger partial charge in [0.2, 0.25) is 5.95 Å². The summed E-state index contributed by atoms with van der Waals surface area (Å²) in [6.45, 7) is 10.6. The molecule has 0 bridgehead atoms. The van der Waals surface area contributed by atoms with Crippen LogP contribution in [0.25, 0.3) is 0 Å². The summed E-state index contributed by atoms with van der Waals surface area (Å²) in [5, 5.41) is 3.37. The average molecular weight is 354 g/mol. The van der Waals surface area contributed by atoms with E-state index >= 15 is 0 Å². The first-order valence-electron chi connectivity index (χ1n) is 9.92. The van der Waals surface area contributed by atoms with Crippen molar-refractivity contribution in [3.63, 3.8) is 0 Å². The summed E-state index contributed by atoms with van der Waals surface area (Å²) in [4.78, 5) is 14.1. The third-order valence-corrected chi connectivity index (χ3v) is 5.02. The summed E-state index contributed by atoms with van der Waals surface area (Å²) in [7, 11) is 0. The van der Waals surface area contributed by atoms with Crippen molar-refractivity contribution in [3.05, 3.63) is 36.0 Å². The standard InChI is InChI=1S/C21H31N5/c1-4-25(5-2)19-12-10-18(11-13-19)23-21-22-17(3)16-20(24-21)26-14-8-6-7-9-15-26/h10-13,16H,4-9,14-15H2,1-3H3,(H,22,23,24). The molecule has 140 valence electrons. The van der Waals surface area contributed by atoms with Crippen LogP contribution in [0.15, 0.2) is 30.3 Å². The minimum atomic E-state index is 0.680. The van der Waals surface area contributed by atoms with Crippen LogP contribution in [0.2, 0.25) is 0 Å². The summed E-state index contributed by atoms with van der Waals surface area (Å²) in [6, 6.07) is 10.6. The summed E-state index contributed by atoms with van der Waals surface area (Å²) in [6.07, 6.45) is 5.15. The fourth-order valence-electron chi connectivity index (χ4n) is 3.54. The molecule has 5 nitrogen and oxygen atoms in total. The molecule has 2 heterocycles. The van der Waals surface area contributed by atoms with Crippen molar-refractivity contribution >= 4 is 23.1 Å². The first kappa shape index (κ1) is 18.5. The summed E-state index contributed by atoms with van der Waals surface area (Å²) < 4.78 is 0. The number of benzene rings is 1. The van der Waals surface area contributed by atoms with Gasteiger partial charge in [-0.15, -0.1) is 0 Å². The molecule has 1 aromatic carbocycles. The Morgan fingerprint density at radius 2 is 1.62 bits per heavy atom. The van der Waals surface area contributed by atoms with E-state index in [1.807, 2.05) is 6.92 Å². The van der Waals surface area contributed by atoms with Crippen molar-refractivity contribution in [3.8, 4) is 0 Å². The van der Waals surface area contributed by atoms with Gasteiger partial charge in [0.1, 0.15) is 5.82 Å². The van der Waals surface area contributed by atoms with Crippen LogP contribution in [-0.2, 0) is 0 Å².